The molecule has 148 valence electrons. The Morgan fingerprint density at radius 2 is 1.46 bits per heavy atom. The van der Waals surface area contributed by atoms with Gasteiger partial charge in [0.05, 0.1) is 21.3 Å². The molecule has 3 amide bonds. The average molecular weight is 389 g/mol. The smallest absolute Gasteiger partial charge is 0.337 e. The summed E-state index contributed by atoms with van der Waals surface area (Å²) in [5.41, 5.74) is 5.60. The molecule has 0 fully saturated rings. The summed E-state index contributed by atoms with van der Waals surface area (Å²) in [6.07, 6.45) is 0. The summed E-state index contributed by atoms with van der Waals surface area (Å²) in [4.78, 5) is 35.4. The van der Waals surface area contributed by atoms with Gasteiger partial charge in [-0.15, -0.1) is 0 Å². The van der Waals surface area contributed by atoms with Gasteiger partial charge < -0.3 is 19.5 Å². The number of nitroso groups, excluding NO2 is 1. The molecule has 0 aliphatic heterocycles. The standard InChI is InChI=1S/C18H20N4O6/c1-22(25)13-7-5-12(6-8-13)19-18(24)21-20-17(23)11-9-14(26-2)16(28-4)15(10-11)27-3/h5-10H,1-4H3,(H2-,19,20,21,23,24,25)/p+1. The molecule has 0 aliphatic rings. The van der Waals surface area contributed by atoms with Crippen LogP contribution in [0.15, 0.2) is 36.4 Å². The number of nitrogens with zero attached hydrogens (tertiary/aromatic N) is 1. The second-order valence-electron chi connectivity index (χ2n) is 5.49. The summed E-state index contributed by atoms with van der Waals surface area (Å²) in [6, 6.07) is 8.47. The van der Waals surface area contributed by atoms with Gasteiger partial charge in [-0.2, -0.15) is 0 Å². The first kappa shape index (κ1) is 20.5. The number of rotatable bonds is 6. The topological polar surface area (TPSA) is 118 Å². The van der Waals surface area contributed by atoms with E-state index in [4.69, 9.17) is 14.2 Å². The number of hydrogen-bond donors (Lipinski definition) is 3. The maximum Gasteiger partial charge on any atom is 0.337 e. The fourth-order valence-corrected chi connectivity index (χ4v) is 2.31. The van der Waals surface area contributed by atoms with Crippen LogP contribution in [0.1, 0.15) is 10.4 Å². The van der Waals surface area contributed by atoms with Gasteiger partial charge >= 0.3 is 6.03 Å². The molecular formula is C18H21N4O6+. The van der Waals surface area contributed by atoms with E-state index < -0.39 is 11.9 Å². The molecule has 0 spiro atoms. The number of benzene rings is 2. The van der Waals surface area contributed by atoms with Crippen LogP contribution in [0.5, 0.6) is 17.2 Å². The SMILES string of the molecule is COc1cc(C(=O)NNC(=O)Nc2ccc([N+](C)=O)cc2)cc(OC)c1OC. The Kier molecular flexibility index (Phi) is 6.74. The monoisotopic (exact) mass is 389 g/mol. The fraction of sp³-hybridized carbons (Fsp3) is 0.222. The van der Waals surface area contributed by atoms with Crippen LogP contribution in [0.25, 0.3) is 0 Å². The van der Waals surface area contributed by atoms with Crippen LogP contribution in [0.4, 0.5) is 16.2 Å². The van der Waals surface area contributed by atoms with Crippen LogP contribution in [0.3, 0.4) is 0 Å². The molecule has 0 aromatic heterocycles. The molecule has 0 aliphatic carbocycles. The molecule has 28 heavy (non-hydrogen) atoms. The van der Waals surface area contributed by atoms with E-state index in [2.05, 4.69) is 16.2 Å². The molecule has 0 unspecified atom stereocenters. The molecule has 0 radical (unpaired) electrons. The highest BCUT2D eigenvalue weighted by Crippen LogP contribution is 2.38. The lowest BCUT2D eigenvalue weighted by Gasteiger charge is -2.14. The van der Waals surface area contributed by atoms with E-state index in [0.717, 1.165) is 0 Å². The second kappa shape index (κ2) is 9.21. The summed E-state index contributed by atoms with van der Waals surface area (Å²) < 4.78 is 16.3. The molecule has 3 N–H and O–H groups in total. The third-order valence-electron chi connectivity index (χ3n) is 3.71. The summed E-state index contributed by atoms with van der Waals surface area (Å²) in [5.74, 6) is 0.372. The van der Waals surface area contributed by atoms with Gasteiger partial charge in [-0.25, -0.2) is 10.2 Å². The molecular weight excluding hydrogens is 368 g/mol. The van der Waals surface area contributed by atoms with E-state index in [9.17, 15) is 14.5 Å². The Bertz CT molecular complexity index is 857. The normalized spacial score (nSPS) is 9.86. The minimum Gasteiger partial charge on any atom is -0.493 e. The van der Waals surface area contributed by atoms with Gasteiger partial charge in [0.1, 0.15) is 0 Å². The van der Waals surface area contributed by atoms with E-state index in [-0.39, 0.29) is 5.56 Å². The number of ether oxygens (including phenoxy) is 3. The van der Waals surface area contributed by atoms with Gasteiger partial charge in [-0.1, -0.05) is 0 Å². The Morgan fingerprint density at radius 1 is 0.893 bits per heavy atom. The van der Waals surface area contributed by atoms with E-state index in [0.29, 0.717) is 33.4 Å². The van der Waals surface area contributed by atoms with Crippen molar-refractivity contribution in [3.05, 3.63) is 46.9 Å². The number of carbonyl (C=O) groups excluding carboxylic acids is 2. The summed E-state index contributed by atoms with van der Waals surface area (Å²) in [5, 5.41) is 2.52. The number of hydrazine groups is 1. The zero-order chi connectivity index (χ0) is 20.7. The second-order valence-corrected chi connectivity index (χ2v) is 5.49. The van der Waals surface area contributed by atoms with Crippen LogP contribution in [0.2, 0.25) is 0 Å². The van der Waals surface area contributed by atoms with Crippen molar-refractivity contribution in [1.29, 1.82) is 0 Å². The fourth-order valence-electron chi connectivity index (χ4n) is 2.31. The summed E-state index contributed by atoms with van der Waals surface area (Å²) >= 11 is 0. The predicted octanol–water partition coefficient (Wildman–Crippen LogP) is 2.22. The lowest BCUT2D eigenvalue weighted by atomic mass is 10.1. The molecule has 2 rings (SSSR count). The van der Waals surface area contributed by atoms with Gasteiger partial charge in [0, 0.05) is 33.1 Å². The minimum atomic E-state index is -0.663. The molecule has 2 aromatic carbocycles. The molecule has 0 saturated heterocycles. The van der Waals surface area contributed by atoms with Gasteiger partial charge in [0.15, 0.2) is 18.5 Å². The highest BCUT2D eigenvalue weighted by molar-refractivity contribution is 5.98. The molecule has 2 aromatic rings. The van der Waals surface area contributed by atoms with E-state index in [1.807, 2.05) is 0 Å². The summed E-state index contributed by atoms with van der Waals surface area (Å²) in [6.45, 7) is 0. The van der Waals surface area contributed by atoms with E-state index >= 15 is 0 Å². The lowest BCUT2D eigenvalue weighted by molar-refractivity contribution is -0.428. The van der Waals surface area contributed by atoms with Crippen LogP contribution >= 0.6 is 0 Å². The van der Waals surface area contributed by atoms with Gasteiger partial charge in [-0.05, 0) is 24.3 Å². The lowest BCUT2D eigenvalue weighted by Crippen LogP contribution is -2.43. The van der Waals surface area contributed by atoms with Gasteiger partial charge in [0.25, 0.3) is 11.6 Å². The average Bonchev–Trinajstić information content (AvgIpc) is 2.71. The van der Waals surface area contributed by atoms with Crippen LogP contribution in [-0.4, -0.2) is 45.1 Å². The Hall–Kier alpha value is -3.82. The van der Waals surface area contributed by atoms with Crippen molar-refractivity contribution in [3.8, 4) is 17.2 Å². The van der Waals surface area contributed by atoms with Gasteiger partial charge in [0.2, 0.25) is 5.75 Å². The maximum absolute atomic E-state index is 12.3. The Balaban J connectivity index is 2.01. The van der Waals surface area contributed by atoms with E-state index in [1.54, 1.807) is 24.3 Å². The molecule has 10 nitrogen and oxygen atoms in total. The van der Waals surface area contributed by atoms with Crippen molar-refractivity contribution in [1.82, 2.24) is 10.9 Å². The van der Waals surface area contributed by atoms with Crippen molar-refractivity contribution in [3.63, 3.8) is 0 Å². The quantitative estimate of drug-likeness (QED) is 0.515. The molecule has 0 heterocycles. The molecule has 0 saturated carbocycles. The first-order chi connectivity index (χ1) is 13.4. The highest BCUT2D eigenvalue weighted by atomic mass is 16.5. The van der Waals surface area contributed by atoms with Crippen LogP contribution in [-0.2, 0) is 0 Å². The number of nitrogens with one attached hydrogen (secondary N) is 3. The van der Waals surface area contributed by atoms with Crippen molar-refractivity contribution in [2.75, 3.05) is 33.7 Å². The third kappa shape index (κ3) is 4.87. The minimum absolute atomic E-state index is 0.192. The van der Waals surface area contributed by atoms with Crippen molar-refractivity contribution < 1.29 is 28.6 Å². The number of carbonyl (C=O) groups is 2. The van der Waals surface area contributed by atoms with Gasteiger partial charge in [-0.3, -0.25) is 10.2 Å². The summed E-state index contributed by atoms with van der Waals surface area (Å²) in [7, 11) is 5.68. The molecule has 0 atom stereocenters. The first-order valence-corrected chi connectivity index (χ1v) is 8.07. The van der Waals surface area contributed by atoms with Crippen molar-refractivity contribution >= 4 is 23.3 Å². The molecule has 10 heteroatoms. The van der Waals surface area contributed by atoms with Crippen LogP contribution in [0, 0.1) is 4.91 Å². The third-order valence-corrected chi connectivity index (χ3v) is 3.71. The zero-order valence-corrected chi connectivity index (χ0v) is 15.9. The first-order valence-electron chi connectivity index (χ1n) is 8.07. The largest absolute Gasteiger partial charge is 0.493 e. The predicted molar refractivity (Wildman–Crippen MR) is 101 cm³/mol. The number of hydrogen-bond acceptors (Lipinski definition) is 6. The Morgan fingerprint density at radius 3 is 1.93 bits per heavy atom. The van der Waals surface area contributed by atoms with Crippen molar-refractivity contribution in [2.24, 2.45) is 0 Å². The zero-order valence-electron chi connectivity index (χ0n) is 15.9. The van der Waals surface area contributed by atoms with Crippen molar-refractivity contribution in [2.45, 2.75) is 0 Å². The molecule has 0 bridgehead atoms. The van der Waals surface area contributed by atoms with Crippen LogP contribution < -0.4 is 30.4 Å². The number of urea groups is 1. The maximum atomic E-state index is 12.3. The number of methoxy groups -OCH3 is 3. The highest BCUT2D eigenvalue weighted by Gasteiger charge is 2.17. The number of amides is 3. The Labute approximate surface area is 161 Å². The van der Waals surface area contributed by atoms with E-state index in [1.165, 1.54) is 40.5 Å². The number of anilines is 1.